The van der Waals surface area contributed by atoms with Crippen LogP contribution in [0.5, 0.6) is 11.5 Å². The molecule has 0 heterocycles. The van der Waals surface area contributed by atoms with Crippen LogP contribution in [0, 0.1) is 5.82 Å². The van der Waals surface area contributed by atoms with Crippen molar-refractivity contribution in [2.24, 2.45) is 0 Å². The molecule has 112 valence electrons. The monoisotopic (exact) mass is 309 g/mol. The molecular weight excluding hydrogens is 293 g/mol. The SMILES string of the molecule is COCCNCc1c(F)cccc1Oc1ccc(Cl)cc1. The largest absolute Gasteiger partial charge is 0.457 e. The highest BCUT2D eigenvalue weighted by molar-refractivity contribution is 6.30. The molecule has 2 aromatic rings. The predicted molar refractivity (Wildman–Crippen MR) is 81.5 cm³/mol. The van der Waals surface area contributed by atoms with E-state index >= 15 is 0 Å². The molecule has 0 amide bonds. The molecule has 1 N–H and O–H groups in total. The second-order valence-corrected chi connectivity index (χ2v) is 4.88. The van der Waals surface area contributed by atoms with E-state index in [9.17, 15) is 4.39 Å². The lowest BCUT2D eigenvalue weighted by Crippen LogP contribution is -2.19. The Morgan fingerprint density at radius 1 is 1.14 bits per heavy atom. The van der Waals surface area contributed by atoms with Crippen LogP contribution in [0.4, 0.5) is 4.39 Å². The van der Waals surface area contributed by atoms with Gasteiger partial charge in [0, 0.05) is 30.8 Å². The zero-order valence-electron chi connectivity index (χ0n) is 11.7. The van der Waals surface area contributed by atoms with Crippen LogP contribution >= 0.6 is 11.6 Å². The molecule has 5 heteroatoms. The van der Waals surface area contributed by atoms with Crippen LogP contribution in [0.25, 0.3) is 0 Å². The van der Waals surface area contributed by atoms with Gasteiger partial charge >= 0.3 is 0 Å². The van der Waals surface area contributed by atoms with Gasteiger partial charge in [0.05, 0.1) is 6.61 Å². The highest BCUT2D eigenvalue weighted by Crippen LogP contribution is 2.28. The molecule has 0 unspecified atom stereocenters. The lowest BCUT2D eigenvalue weighted by Gasteiger charge is -2.13. The molecule has 21 heavy (non-hydrogen) atoms. The fraction of sp³-hybridized carbons (Fsp3) is 0.250. The van der Waals surface area contributed by atoms with E-state index in [0.717, 1.165) is 0 Å². The second kappa shape index (κ2) is 7.98. The number of rotatable bonds is 7. The van der Waals surface area contributed by atoms with Gasteiger partial charge in [-0.25, -0.2) is 4.39 Å². The average molecular weight is 310 g/mol. The zero-order valence-corrected chi connectivity index (χ0v) is 12.5. The maximum Gasteiger partial charge on any atom is 0.134 e. The maximum absolute atomic E-state index is 14.0. The van der Waals surface area contributed by atoms with Crippen LogP contribution < -0.4 is 10.1 Å². The molecular formula is C16H17ClFNO2. The van der Waals surface area contributed by atoms with Crippen molar-refractivity contribution in [2.45, 2.75) is 6.54 Å². The van der Waals surface area contributed by atoms with Gasteiger partial charge in [0.25, 0.3) is 0 Å². The number of benzene rings is 2. The van der Waals surface area contributed by atoms with Crippen molar-refractivity contribution in [3.05, 3.63) is 58.9 Å². The summed E-state index contributed by atoms with van der Waals surface area (Å²) < 4.78 is 24.6. The molecule has 0 aliphatic carbocycles. The number of hydrogen-bond acceptors (Lipinski definition) is 3. The smallest absolute Gasteiger partial charge is 0.134 e. The van der Waals surface area contributed by atoms with Gasteiger partial charge in [-0.1, -0.05) is 17.7 Å². The molecule has 0 radical (unpaired) electrons. The van der Waals surface area contributed by atoms with E-state index < -0.39 is 0 Å². The Hall–Kier alpha value is -1.62. The standard InChI is InChI=1S/C16H17ClFNO2/c1-20-10-9-19-11-14-15(18)3-2-4-16(14)21-13-7-5-12(17)6-8-13/h2-8,19H,9-11H2,1H3. The Balaban J connectivity index is 2.11. The van der Waals surface area contributed by atoms with Gasteiger partial charge < -0.3 is 14.8 Å². The van der Waals surface area contributed by atoms with Gasteiger partial charge in [-0.05, 0) is 36.4 Å². The van der Waals surface area contributed by atoms with Gasteiger partial charge in [0.1, 0.15) is 17.3 Å². The normalized spacial score (nSPS) is 10.6. The molecule has 0 saturated carbocycles. The van der Waals surface area contributed by atoms with Crippen molar-refractivity contribution in [2.75, 3.05) is 20.3 Å². The summed E-state index contributed by atoms with van der Waals surface area (Å²) in [6, 6.07) is 11.7. The van der Waals surface area contributed by atoms with Crippen molar-refractivity contribution >= 4 is 11.6 Å². The van der Waals surface area contributed by atoms with Crippen LogP contribution in [-0.4, -0.2) is 20.3 Å². The first kappa shape index (κ1) is 15.8. The van der Waals surface area contributed by atoms with Gasteiger partial charge in [0.2, 0.25) is 0 Å². The number of nitrogens with one attached hydrogen (secondary N) is 1. The summed E-state index contributed by atoms with van der Waals surface area (Å²) in [5.41, 5.74) is 0.489. The molecule has 0 aliphatic rings. The van der Waals surface area contributed by atoms with E-state index in [-0.39, 0.29) is 5.82 Å². The van der Waals surface area contributed by atoms with E-state index in [1.807, 2.05) is 0 Å². The minimum absolute atomic E-state index is 0.300. The lowest BCUT2D eigenvalue weighted by molar-refractivity contribution is 0.199. The summed E-state index contributed by atoms with van der Waals surface area (Å²) >= 11 is 5.83. The summed E-state index contributed by atoms with van der Waals surface area (Å²) in [5, 5.41) is 3.74. The van der Waals surface area contributed by atoms with E-state index in [1.165, 1.54) is 6.07 Å². The Kier molecular flexibility index (Phi) is 5.99. The first-order valence-electron chi connectivity index (χ1n) is 6.61. The van der Waals surface area contributed by atoms with Gasteiger partial charge in [-0.15, -0.1) is 0 Å². The second-order valence-electron chi connectivity index (χ2n) is 4.44. The third-order valence-electron chi connectivity index (χ3n) is 2.90. The Labute approximate surface area is 128 Å². The first-order chi connectivity index (χ1) is 10.2. The first-order valence-corrected chi connectivity index (χ1v) is 6.99. The summed E-state index contributed by atoms with van der Waals surface area (Å²) in [4.78, 5) is 0. The third kappa shape index (κ3) is 4.70. The van der Waals surface area contributed by atoms with Crippen molar-refractivity contribution in [3.63, 3.8) is 0 Å². The maximum atomic E-state index is 14.0. The number of halogens is 2. The molecule has 0 fully saturated rings. The van der Waals surface area contributed by atoms with E-state index in [4.69, 9.17) is 21.1 Å². The number of hydrogen-bond donors (Lipinski definition) is 1. The van der Waals surface area contributed by atoms with Crippen molar-refractivity contribution < 1.29 is 13.9 Å². The highest BCUT2D eigenvalue weighted by Gasteiger charge is 2.10. The minimum Gasteiger partial charge on any atom is -0.457 e. The van der Waals surface area contributed by atoms with Crippen LogP contribution in [-0.2, 0) is 11.3 Å². The summed E-state index contributed by atoms with van der Waals surface area (Å²) in [6.45, 7) is 1.59. The minimum atomic E-state index is -0.300. The van der Waals surface area contributed by atoms with Crippen LogP contribution in [0.15, 0.2) is 42.5 Å². The number of ether oxygens (including phenoxy) is 2. The summed E-state index contributed by atoms with van der Waals surface area (Å²) in [7, 11) is 1.62. The highest BCUT2D eigenvalue weighted by atomic mass is 35.5. The van der Waals surface area contributed by atoms with Gasteiger partial charge in [-0.2, -0.15) is 0 Å². The van der Waals surface area contributed by atoms with Gasteiger partial charge in [0.15, 0.2) is 0 Å². The van der Waals surface area contributed by atoms with Crippen molar-refractivity contribution in [1.82, 2.24) is 5.32 Å². The fourth-order valence-corrected chi connectivity index (χ4v) is 1.95. The van der Waals surface area contributed by atoms with Crippen molar-refractivity contribution in [3.8, 4) is 11.5 Å². The molecule has 0 spiro atoms. The molecule has 0 atom stereocenters. The molecule has 2 rings (SSSR count). The van der Waals surface area contributed by atoms with Crippen molar-refractivity contribution in [1.29, 1.82) is 0 Å². The summed E-state index contributed by atoms with van der Waals surface area (Å²) in [6.07, 6.45) is 0. The topological polar surface area (TPSA) is 30.5 Å². The average Bonchev–Trinajstić information content (AvgIpc) is 2.48. The zero-order chi connectivity index (χ0) is 15.1. The fourth-order valence-electron chi connectivity index (χ4n) is 1.82. The lowest BCUT2D eigenvalue weighted by atomic mass is 10.2. The van der Waals surface area contributed by atoms with E-state index in [0.29, 0.717) is 41.8 Å². The predicted octanol–water partition coefficient (Wildman–Crippen LogP) is 4.01. The Bertz CT molecular complexity index is 575. The van der Waals surface area contributed by atoms with Crippen LogP contribution in [0.1, 0.15) is 5.56 Å². The van der Waals surface area contributed by atoms with E-state index in [1.54, 1.807) is 43.5 Å². The molecule has 2 aromatic carbocycles. The van der Waals surface area contributed by atoms with E-state index in [2.05, 4.69) is 5.32 Å². The molecule has 0 saturated heterocycles. The quantitative estimate of drug-likeness (QED) is 0.784. The number of methoxy groups -OCH3 is 1. The molecule has 0 bridgehead atoms. The van der Waals surface area contributed by atoms with Gasteiger partial charge in [-0.3, -0.25) is 0 Å². The Morgan fingerprint density at radius 3 is 2.62 bits per heavy atom. The Morgan fingerprint density at radius 2 is 1.90 bits per heavy atom. The molecule has 0 aromatic heterocycles. The molecule has 0 aliphatic heterocycles. The van der Waals surface area contributed by atoms with Crippen LogP contribution in [0.2, 0.25) is 5.02 Å². The third-order valence-corrected chi connectivity index (χ3v) is 3.15. The summed E-state index contributed by atoms with van der Waals surface area (Å²) in [5.74, 6) is 0.803. The molecule has 3 nitrogen and oxygen atoms in total. The van der Waals surface area contributed by atoms with Crippen LogP contribution in [0.3, 0.4) is 0 Å².